The van der Waals surface area contributed by atoms with Crippen molar-refractivity contribution in [2.24, 2.45) is 4.99 Å². The monoisotopic (exact) mass is 433 g/mol. The van der Waals surface area contributed by atoms with Crippen LogP contribution < -0.4 is 21.8 Å². The third-order valence-electron chi connectivity index (χ3n) is 4.63. The molecule has 0 saturated carbocycles. The van der Waals surface area contributed by atoms with Gasteiger partial charge >= 0.3 is 6.18 Å². The number of carbonyl (C=O) groups excluding carboxylic acids is 1. The zero-order valence-electron chi connectivity index (χ0n) is 16.8. The number of halogens is 3. The van der Waals surface area contributed by atoms with Crippen molar-refractivity contribution in [3.05, 3.63) is 58.7 Å². The molecule has 1 amide bonds. The van der Waals surface area contributed by atoms with E-state index in [1.54, 1.807) is 32.2 Å². The number of anilines is 2. The van der Waals surface area contributed by atoms with Crippen molar-refractivity contribution in [1.82, 2.24) is 15.8 Å². The van der Waals surface area contributed by atoms with Crippen molar-refractivity contribution in [3.63, 3.8) is 0 Å². The van der Waals surface area contributed by atoms with Crippen molar-refractivity contribution in [2.45, 2.75) is 19.3 Å². The first-order chi connectivity index (χ1) is 14.6. The molecule has 1 aliphatic rings. The molecular formula is C20H22F3N7O. The van der Waals surface area contributed by atoms with E-state index in [9.17, 15) is 18.0 Å². The SMILES string of the molecule is CCNC(=O)c1ccc(C2N=C(Nc3ccc(N)c(C=N)c3)N(C)N2)cc1C(F)(F)F. The number of carbonyl (C=O) groups is 1. The highest BCUT2D eigenvalue weighted by molar-refractivity contribution is 5.97. The van der Waals surface area contributed by atoms with Crippen molar-refractivity contribution in [3.8, 4) is 0 Å². The topological polar surface area (TPSA) is 119 Å². The Morgan fingerprint density at radius 1 is 1.32 bits per heavy atom. The maximum Gasteiger partial charge on any atom is 0.417 e. The Morgan fingerprint density at radius 2 is 2.06 bits per heavy atom. The molecule has 1 unspecified atom stereocenters. The number of guanidine groups is 1. The minimum absolute atomic E-state index is 0.219. The maximum atomic E-state index is 13.6. The fourth-order valence-corrected chi connectivity index (χ4v) is 3.07. The molecule has 0 spiro atoms. The Morgan fingerprint density at radius 3 is 2.71 bits per heavy atom. The summed E-state index contributed by atoms with van der Waals surface area (Å²) in [5.74, 6) is -0.416. The summed E-state index contributed by atoms with van der Waals surface area (Å²) in [6.07, 6.45) is -4.36. The summed E-state index contributed by atoms with van der Waals surface area (Å²) in [4.78, 5) is 16.4. The van der Waals surface area contributed by atoms with E-state index in [0.717, 1.165) is 18.3 Å². The van der Waals surface area contributed by atoms with Gasteiger partial charge in [0.05, 0.1) is 11.1 Å². The van der Waals surface area contributed by atoms with Crippen molar-refractivity contribution >= 4 is 29.5 Å². The Balaban J connectivity index is 1.90. The first kappa shape index (κ1) is 22.1. The highest BCUT2D eigenvalue weighted by Crippen LogP contribution is 2.34. The lowest BCUT2D eigenvalue weighted by atomic mass is 10.0. The molecule has 0 bridgehead atoms. The predicted molar refractivity (Wildman–Crippen MR) is 113 cm³/mol. The number of alkyl halides is 3. The van der Waals surface area contributed by atoms with Gasteiger partial charge in [0.25, 0.3) is 5.91 Å². The maximum absolute atomic E-state index is 13.6. The summed E-state index contributed by atoms with van der Waals surface area (Å²) in [6, 6.07) is 8.53. The molecule has 1 aliphatic heterocycles. The van der Waals surface area contributed by atoms with Gasteiger partial charge in [-0.25, -0.2) is 10.4 Å². The van der Waals surface area contributed by atoms with E-state index in [0.29, 0.717) is 22.9 Å². The number of nitrogens with zero attached hydrogens (tertiary/aromatic N) is 2. The summed E-state index contributed by atoms with van der Waals surface area (Å²) >= 11 is 0. The molecule has 0 aromatic heterocycles. The fourth-order valence-electron chi connectivity index (χ4n) is 3.07. The molecule has 0 radical (unpaired) electrons. The lowest BCUT2D eigenvalue weighted by Gasteiger charge is -2.18. The lowest BCUT2D eigenvalue weighted by molar-refractivity contribution is -0.138. The molecule has 0 saturated heterocycles. The molecule has 0 fully saturated rings. The molecule has 164 valence electrons. The van der Waals surface area contributed by atoms with Gasteiger partial charge in [0.2, 0.25) is 5.96 Å². The van der Waals surface area contributed by atoms with Gasteiger partial charge in [-0.1, -0.05) is 6.07 Å². The Hall–Kier alpha value is -3.60. The summed E-state index contributed by atoms with van der Waals surface area (Å²) in [5.41, 5.74) is 9.12. The number of nitrogen functional groups attached to an aromatic ring is 1. The van der Waals surface area contributed by atoms with E-state index in [1.165, 1.54) is 11.1 Å². The van der Waals surface area contributed by atoms with Gasteiger partial charge in [-0.15, -0.1) is 0 Å². The van der Waals surface area contributed by atoms with Crippen molar-refractivity contribution in [2.75, 3.05) is 24.6 Å². The predicted octanol–water partition coefficient (Wildman–Crippen LogP) is 2.95. The van der Waals surface area contributed by atoms with Gasteiger partial charge in [0.15, 0.2) is 0 Å². The van der Waals surface area contributed by atoms with Crippen LogP contribution in [0, 0.1) is 5.41 Å². The second-order valence-electron chi connectivity index (χ2n) is 6.82. The molecule has 8 nitrogen and oxygen atoms in total. The van der Waals surface area contributed by atoms with E-state index < -0.39 is 29.4 Å². The number of hydrogen-bond donors (Lipinski definition) is 5. The van der Waals surface area contributed by atoms with Crippen LogP contribution in [0.3, 0.4) is 0 Å². The molecule has 2 aromatic rings. The van der Waals surface area contributed by atoms with Crippen molar-refractivity contribution in [1.29, 1.82) is 5.41 Å². The Bertz CT molecular complexity index is 1040. The number of amides is 1. The fraction of sp³-hybridized carbons (Fsp3) is 0.250. The molecule has 6 N–H and O–H groups in total. The first-order valence-electron chi connectivity index (χ1n) is 9.38. The zero-order chi connectivity index (χ0) is 22.8. The standard InChI is InChI=1S/C20H22F3N7O/c1-3-26-18(31)14-6-4-11(9-15(14)20(21,22)23)17-28-19(30(2)29-17)27-13-5-7-16(25)12(8-13)10-24/h4-10,17,24,29H,3,25H2,1-2H3,(H,26,31)(H,27,28). The quantitative estimate of drug-likeness (QED) is 0.367. The lowest BCUT2D eigenvalue weighted by Crippen LogP contribution is -2.37. The van der Waals surface area contributed by atoms with Gasteiger partial charge < -0.3 is 21.8 Å². The highest BCUT2D eigenvalue weighted by atomic mass is 19.4. The molecule has 2 aromatic carbocycles. The van der Waals surface area contributed by atoms with Gasteiger partial charge in [0, 0.05) is 36.7 Å². The Labute approximate surface area is 176 Å². The van der Waals surface area contributed by atoms with Crippen LogP contribution in [-0.2, 0) is 6.18 Å². The van der Waals surface area contributed by atoms with Crippen LogP contribution in [0.1, 0.15) is 40.1 Å². The van der Waals surface area contributed by atoms with Crippen LogP contribution in [0.15, 0.2) is 41.4 Å². The molecule has 1 atom stereocenters. The average molecular weight is 433 g/mol. The first-order valence-corrected chi connectivity index (χ1v) is 9.38. The second kappa shape index (κ2) is 8.64. The Kier molecular flexibility index (Phi) is 6.16. The van der Waals surface area contributed by atoms with Crippen molar-refractivity contribution < 1.29 is 18.0 Å². The number of nitrogens with one attached hydrogen (secondary N) is 4. The number of hydrazine groups is 1. The van der Waals surface area contributed by atoms with Crippen LogP contribution in [0.4, 0.5) is 24.5 Å². The number of nitrogens with two attached hydrogens (primary N) is 1. The van der Waals surface area contributed by atoms with Gasteiger partial charge in [-0.05, 0) is 42.8 Å². The van der Waals surface area contributed by atoms with Gasteiger partial charge in [-0.2, -0.15) is 13.2 Å². The van der Waals surface area contributed by atoms with Crippen LogP contribution in [0.5, 0.6) is 0 Å². The number of benzene rings is 2. The molecular weight excluding hydrogens is 411 g/mol. The van der Waals surface area contributed by atoms with E-state index in [-0.39, 0.29) is 12.1 Å². The van der Waals surface area contributed by atoms with E-state index in [4.69, 9.17) is 11.1 Å². The largest absolute Gasteiger partial charge is 0.417 e. The number of hydrogen-bond acceptors (Lipinski definition) is 7. The van der Waals surface area contributed by atoms with E-state index in [1.807, 2.05) is 0 Å². The average Bonchev–Trinajstić information content (AvgIpc) is 3.08. The van der Waals surface area contributed by atoms with Crippen LogP contribution in [0.25, 0.3) is 0 Å². The van der Waals surface area contributed by atoms with Crippen LogP contribution in [-0.4, -0.2) is 36.7 Å². The van der Waals surface area contributed by atoms with Gasteiger partial charge in [-0.3, -0.25) is 9.80 Å². The summed E-state index contributed by atoms with van der Waals surface area (Å²) < 4.78 is 40.7. The minimum Gasteiger partial charge on any atom is -0.398 e. The zero-order valence-corrected chi connectivity index (χ0v) is 16.8. The third kappa shape index (κ3) is 4.77. The third-order valence-corrected chi connectivity index (χ3v) is 4.63. The molecule has 11 heteroatoms. The molecule has 1 heterocycles. The van der Waals surface area contributed by atoms with Crippen LogP contribution >= 0.6 is 0 Å². The van der Waals surface area contributed by atoms with E-state index in [2.05, 4.69) is 21.1 Å². The minimum atomic E-state index is -4.70. The normalized spacial score (nSPS) is 16.1. The van der Waals surface area contributed by atoms with E-state index >= 15 is 0 Å². The van der Waals surface area contributed by atoms with Crippen LogP contribution in [0.2, 0.25) is 0 Å². The summed E-state index contributed by atoms with van der Waals surface area (Å²) in [5, 5.41) is 14.4. The number of rotatable bonds is 5. The summed E-state index contributed by atoms with van der Waals surface area (Å²) in [7, 11) is 1.66. The summed E-state index contributed by atoms with van der Waals surface area (Å²) in [6.45, 7) is 1.85. The molecule has 3 rings (SSSR count). The highest BCUT2D eigenvalue weighted by Gasteiger charge is 2.36. The number of aliphatic imine (C=N–C) groups is 1. The second-order valence-corrected chi connectivity index (χ2v) is 6.82. The molecule has 31 heavy (non-hydrogen) atoms. The smallest absolute Gasteiger partial charge is 0.398 e. The molecule has 0 aliphatic carbocycles. The van der Waals surface area contributed by atoms with Gasteiger partial charge in [0.1, 0.15) is 6.17 Å².